The van der Waals surface area contributed by atoms with E-state index in [0.29, 0.717) is 24.2 Å². The summed E-state index contributed by atoms with van der Waals surface area (Å²) in [4.78, 5) is 13.0. The molecule has 7 heteroatoms. The van der Waals surface area contributed by atoms with Gasteiger partial charge in [-0.2, -0.15) is 0 Å². The first-order valence-corrected chi connectivity index (χ1v) is 12.2. The van der Waals surface area contributed by atoms with Gasteiger partial charge >= 0.3 is 0 Å². The van der Waals surface area contributed by atoms with Crippen molar-refractivity contribution < 1.29 is 17.9 Å². The van der Waals surface area contributed by atoms with E-state index in [4.69, 9.17) is 4.74 Å². The highest BCUT2D eigenvalue weighted by Gasteiger charge is 2.39. The SMILES string of the molecule is CCN(c1ccc(C(=O)N[C@H]2CC(CC)(CC)Oc3ccccc32)cc1)S(C)(=O)=O. The van der Waals surface area contributed by atoms with Gasteiger partial charge in [-0.25, -0.2) is 8.42 Å². The maximum absolute atomic E-state index is 13.0. The Morgan fingerprint density at radius 2 is 1.73 bits per heavy atom. The summed E-state index contributed by atoms with van der Waals surface area (Å²) in [5, 5.41) is 3.16. The standard InChI is InChI=1S/C23H30N2O4S/c1-5-23(6-2)16-20(19-10-8-9-11-21(19)29-23)24-22(26)17-12-14-18(15-13-17)25(7-3)30(4,27)28/h8-15,20H,5-7,16H2,1-4H3,(H,24,26)/t20-/m0/s1. The molecule has 1 amide bonds. The predicted molar refractivity (Wildman–Crippen MR) is 120 cm³/mol. The normalized spacial score (nSPS) is 17.5. The summed E-state index contributed by atoms with van der Waals surface area (Å²) in [5.41, 5.74) is 1.72. The number of carbonyl (C=O) groups excluding carboxylic acids is 1. The largest absolute Gasteiger partial charge is 0.487 e. The van der Waals surface area contributed by atoms with Crippen molar-refractivity contribution >= 4 is 21.6 Å². The number of benzene rings is 2. The second kappa shape index (κ2) is 8.68. The highest BCUT2D eigenvalue weighted by molar-refractivity contribution is 7.92. The quantitative estimate of drug-likeness (QED) is 0.711. The minimum absolute atomic E-state index is 0.148. The molecule has 0 aliphatic carbocycles. The van der Waals surface area contributed by atoms with Gasteiger partial charge in [0.15, 0.2) is 0 Å². The molecule has 30 heavy (non-hydrogen) atoms. The van der Waals surface area contributed by atoms with E-state index in [9.17, 15) is 13.2 Å². The maximum Gasteiger partial charge on any atom is 0.251 e. The molecule has 0 saturated carbocycles. The summed E-state index contributed by atoms with van der Waals surface area (Å²) in [5.74, 6) is 0.631. The highest BCUT2D eigenvalue weighted by Crippen LogP contribution is 2.42. The molecule has 162 valence electrons. The van der Waals surface area contributed by atoms with Gasteiger partial charge in [-0.3, -0.25) is 9.10 Å². The summed E-state index contributed by atoms with van der Waals surface area (Å²) in [7, 11) is -3.36. The Balaban J connectivity index is 1.83. The van der Waals surface area contributed by atoms with Crippen molar-refractivity contribution in [3.05, 3.63) is 59.7 Å². The molecule has 1 N–H and O–H groups in total. The summed E-state index contributed by atoms with van der Waals surface area (Å²) < 4.78 is 31.4. The number of hydrogen-bond donors (Lipinski definition) is 1. The van der Waals surface area contributed by atoms with Crippen LogP contribution >= 0.6 is 0 Å². The topological polar surface area (TPSA) is 75.7 Å². The maximum atomic E-state index is 13.0. The van der Waals surface area contributed by atoms with Gasteiger partial charge in [0.2, 0.25) is 10.0 Å². The lowest BCUT2D eigenvalue weighted by molar-refractivity contribution is 0.0227. The zero-order valence-corrected chi connectivity index (χ0v) is 18.8. The first-order valence-electron chi connectivity index (χ1n) is 10.4. The van der Waals surface area contributed by atoms with Crippen molar-refractivity contribution in [2.24, 2.45) is 0 Å². The number of ether oxygens (including phenoxy) is 1. The summed E-state index contributed by atoms with van der Waals surface area (Å²) in [6, 6.07) is 14.3. The number of rotatable bonds is 7. The number of amides is 1. The Labute approximate surface area is 179 Å². The van der Waals surface area contributed by atoms with Crippen LogP contribution in [0.15, 0.2) is 48.5 Å². The molecule has 6 nitrogen and oxygen atoms in total. The van der Waals surface area contributed by atoms with Gasteiger partial charge in [-0.1, -0.05) is 32.0 Å². The minimum atomic E-state index is -3.36. The molecular formula is C23H30N2O4S. The number of carbonyl (C=O) groups is 1. The Kier molecular flexibility index (Phi) is 6.41. The number of nitrogens with one attached hydrogen (secondary N) is 1. The second-order valence-corrected chi connectivity index (χ2v) is 9.64. The van der Waals surface area contributed by atoms with Crippen LogP contribution in [-0.2, 0) is 10.0 Å². The smallest absolute Gasteiger partial charge is 0.251 e. The molecule has 1 heterocycles. The van der Waals surface area contributed by atoms with Crippen molar-refractivity contribution in [1.82, 2.24) is 5.32 Å². The molecule has 0 radical (unpaired) electrons. The fourth-order valence-electron chi connectivity index (χ4n) is 4.06. The lowest BCUT2D eigenvalue weighted by atomic mass is 9.83. The zero-order chi connectivity index (χ0) is 21.9. The van der Waals surface area contributed by atoms with Crippen LogP contribution in [0.25, 0.3) is 0 Å². The van der Waals surface area contributed by atoms with Gasteiger partial charge in [0.25, 0.3) is 5.91 Å². The molecule has 0 unspecified atom stereocenters. The van der Waals surface area contributed by atoms with Crippen molar-refractivity contribution in [3.63, 3.8) is 0 Å². The number of sulfonamides is 1. The van der Waals surface area contributed by atoms with Gasteiger partial charge < -0.3 is 10.1 Å². The monoisotopic (exact) mass is 430 g/mol. The van der Waals surface area contributed by atoms with Crippen molar-refractivity contribution in [2.75, 3.05) is 17.1 Å². The van der Waals surface area contributed by atoms with E-state index < -0.39 is 10.0 Å². The van der Waals surface area contributed by atoms with E-state index in [1.807, 2.05) is 24.3 Å². The average Bonchev–Trinajstić information content (AvgIpc) is 2.73. The number of anilines is 1. The van der Waals surface area contributed by atoms with Gasteiger partial charge in [0.05, 0.1) is 18.0 Å². The second-order valence-electron chi connectivity index (χ2n) is 7.73. The number of para-hydroxylation sites is 1. The molecule has 3 rings (SSSR count). The third kappa shape index (κ3) is 4.46. The van der Waals surface area contributed by atoms with Crippen LogP contribution in [0.3, 0.4) is 0 Å². The number of nitrogens with zero attached hydrogens (tertiary/aromatic N) is 1. The number of hydrogen-bond acceptors (Lipinski definition) is 4. The van der Waals surface area contributed by atoms with Crippen LogP contribution in [0.5, 0.6) is 5.75 Å². The van der Waals surface area contributed by atoms with Crippen LogP contribution in [-0.4, -0.2) is 32.7 Å². The fourth-order valence-corrected chi connectivity index (χ4v) is 5.03. The van der Waals surface area contributed by atoms with Gasteiger partial charge in [0, 0.05) is 24.1 Å². The third-order valence-corrected chi connectivity index (χ3v) is 7.17. The number of fused-ring (bicyclic) bond motifs is 1. The summed E-state index contributed by atoms with van der Waals surface area (Å²) in [6.07, 6.45) is 3.60. The molecule has 2 aromatic rings. The van der Waals surface area contributed by atoms with E-state index in [2.05, 4.69) is 19.2 Å². The molecule has 0 spiro atoms. The van der Waals surface area contributed by atoms with Crippen LogP contribution in [0.4, 0.5) is 5.69 Å². The van der Waals surface area contributed by atoms with Crippen molar-refractivity contribution in [1.29, 1.82) is 0 Å². The lowest BCUT2D eigenvalue weighted by Crippen LogP contribution is -2.44. The molecule has 0 saturated heterocycles. The van der Waals surface area contributed by atoms with Crippen molar-refractivity contribution in [2.45, 2.75) is 51.7 Å². The molecule has 1 atom stereocenters. The van der Waals surface area contributed by atoms with Crippen LogP contribution in [0.2, 0.25) is 0 Å². The first-order chi connectivity index (χ1) is 14.2. The van der Waals surface area contributed by atoms with Crippen LogP contribution < -0.4 is 14.4 Å². The van der Waals surface area contributed by atoms with E-state index in [0.717, 1.165) is 24.2 Å². The zero-order valence-electron chi connectivity index (χ0n) is 18.0. The van der Waals surface area contributed by atoms with Gasteiger partial charge in [-0.05, 0) is 50.1 Å². The van der Waals surface area contributed by atoms with Crippen molar-refractivity contribution in [3.8, 4) is 5.75 Å². The Morgan fingerprint density at radius 3 is 2.30 bits per heavy atom. The fraction of sp³-hybridized carbons (Fsp3) is 0.435. The molecule has 0 fully saturated rings. The Morgan fingerprint density at radius 1 is 1.10 bits per heavy atom. The molecular weight excluding hydrogens is 400 g/mol. The molecule has 0 aromatic heterocycles. The van der Waals surface area contributed by atoms with Gasteiger partial charge in [-0.15, -0.1) is 0 Å². The lowest BCUT2D eigenvalue weighted by Gasteiger charge is -2.41. The Hall–Kier alpha value is -2.54. The van der Waals surface area contributed by atoms with Crippen LogP contribution in [0.1, 0.15) is 62.0 Å². The van der Waals surface area contributed by atoms with Gasteiger partial charge in [0.1, 0.15) is 11.4 Å². The van der Waals surface area contributed by atoms with E-state index in [1.165, 1.54) is 10.6 Å². The predicted octanol–water partition coefficient (Wildman–Crippen LogP) is 4.28. The van der Waals surface area contributed by atoms with E-state index in [-0.39, 0.29) is 17.6 Å². The Bertz CT molecular complexity index is 998. The third-order valence-electron chi connectivity index (χ3n) is 5.90. The highest BCUT2D eigenvalue weighted by atomic mass is 32.2. The minimum Gasteiger partial charge on any atom is -0.487 e. The average molecular weight is 431 g/mol. The summed E-state index contributed by atoms with van der Waals surface area (Å²) >= 11 is 0. The first kappa shape index (κ1) is 22.2. The van der Waals surface area contributed by atoms with Crippen LogP contribution in [0, 0.1) is 0 Å². The van der Waals surface area contributed by atoms with E-state index in [1.54, 1.807) is 31.2 Å². The molecule has 1 aliphatic heterocycles. The molecule has 2 aromatic carbocycles. The summed E-state index contributed by atoms with van der Waals surface area (Å²) in [6.45, 7) is 6.32. The molecule has 0 bridgehead atoms. The van der Waals surface area contributed by atoms with E-state index >= 15 is 0 Å². The molecule has 1 aliphatic rings.